The molecule has 0 spiro atoms. The number of nitro groups is 1. The molecule has 1 aromatic heterocycles. The van der Waals surface area contributed by atoms with Crippen molar-refractivity contribution in [1.82, 2.24) is 4.57 Å². The summed E-state index contributed by atoms with van der Waals surface area (Å²) in [4.78, 5) is 22.8. The summed E-state index contributed by atoms with van der Waals surface area (Å²) < 4.78 is 2.46. The van der Waals surface area contributed by atoms with Gasteiger partial charge in [0.15, 0.2) is 0 Å². The first-order valence-corrected chi connectivity index (χ1v) is 7.36. The zero-order chi connectivity index (χ0) is 15.7. The minimum atomic E-state index is -0.440. The van der Waals surface area contributed by atoms with E-state index in [2.05, 4.69) is 15.9 Å². The fourth-order valence-electron chi connectivity index (χ4n) is 2.35. The maximum Gasteiger partial charge on any atom is 0.269 e. The van der Waals surface area contributed by atoms with Crippen molar-refractivity contribution >= 4 is 32.4 Å². The van der Waals surface area contributed by atoms with Gasteiger partial charge in [0.1, 0.15) is 0 Å². The maximum atomic E-state index is 12.5. The van der Waals surface area contributed by atoms with E-state index in [-0.39, 0.29) is 11.2 Å². The van der Waals surface area contributed by atoms with Gasteiger partial charge < -0.3 is 4.57 Å². The summed E-state index contributed by atoms with van der Waals surface area (Å²) in [6, 6.07) is 13.6. The van der Waals surface area contributed by atoms with Crippen LogP contribution in [0.15, 0.2) is 64.0 Å². The van der Waals surface area contributed by atoms with Gasteiger partial charge in [-0.05, 0) is 35.2 Å². The van der Waals surface area contributed by atoms with E-state index in [1.807, 2.05) is 18.2 Å². The van der Waals surface area contributed by atoms with Gasteiger partial charge in [0, 0.05) is 28.2 Å². The van der Waals surface area contributed by atoms with Crippen molar-refractivity contribution in [3.8, 4) is 0 Å². The fourth-order valence-corrected chi connectivity index (χ4v) is 2.73. The van der Waals surface area contributed by atoms with Crippen LogP contribution in [0.5, 0.6) is 0 Å². The molecule has 2 aromatic carbocycles. The van der Waals surface area contributed by atoms with Crippen molar-refractivity contribution < 1.29 is 4.92 Å². The largest absolute Gasteiger partial charge is 0.311 e. The highest BCUT2D eigenvalue weighted by molar-refractivity contribution is 9.10. The van der Waals surface area contributed by atoms with Gasteiger partial charge in [0.2, 0.25) is 0 Å². The van der Waals surface area contributed by atoms with Crippen molar-refractivity contribution in [2.45, 2.75) is 6.54 Å². The van der Waals surface area contributed by atoms with E-state index in [0.29, 0.717) is 17.5 Å². The van der Waals surface area contributed by atoms with Gasteiger partial charge in [-0.1, -0.05) is 28.1 Å². The van der Waals surface area contributed by atoms with Crippen LogP contribution in [0, 0.1) is 10.1 Å². The number of benzene rings is 2. The molecule has 0 N–H and O–H groups in total. The number of nitrogens with zero attached hydrogens (tertiary/aromatic N) is 2. The minimum absolute atomic E-state index is 0.0234. The number of fused-ring (bicyclic) bond motifs is 1. The zero-order valence-corrected chi connectivity index (χ0v) is 13.0. The molecule has 22 heavy (non-hydrogen) atoms. The number of hydrogen-bond donors (Lipinski definition) is 0. The van der Waals surface area contributed by atoms with Crippen LogP contribution in [-0.2, 0) is 6.54 Å². The molecular weight excluding hydrogens is 348 g/mol. The lowest BCUT2D eigenvalue weighted by Crippen LogP contribution is -2.20. The van der Waals surface area contributed by atoms with E-state index in [4.69, 9.17) is 0 Å². The number of hydrogen-bond acceptors (Lipinski definition) is 3. The molecule has 3 aromatic rings. The standard InChI is InChI=1S/C16H11BrN2O3/c17-13-4-5-15-12(9-13)6-7-18(16(15)20)10-11-2-1-3-14(8-11)19(21)22/h1-9H,10H2. The molecule has 0 atom stereocenters. The van der Waals surface area contributed by atoms with Gasteiger partial charge in [0.25, 0.3) is 11.2 Å². The van der Waals surface area contributed by atoms with Crippen LogP contribution in [0.3, 0.4) is 0 Å². The summed E-state index contributed by atoms with van der Waals surface area (Å²) in [6.45, 7) is 0.298. The molecule has 0 saturated heterocycles. The van der Waals surface area contributed by atoms with E-state index in [1.165, 1.54) is 12.1 Å². The van der Waals surface area contributed by atoms with Crippen molar-refractivity contribution in [2.75, 3.05) is 0 Å². The van der Waals surface area contributed by atoms with Crippen LogP contribution in [-0.4, -0.2) is 9.49 Å². The first-order chi connectivity index (χ1) is 10.5. The van der Waals surface area contributed by atoms with E-state index < -0.39 is 4.92 Å². The Kier molecular flexibility index (Phi) is 3.77. The zero-order valence-electron chi connectivity index (χ0n) is 11.4. The van der Waals surface area contributed by atoms with Gasteiger partial charge in [-0.2, -0.15) is 0 Å². The second-order valence-electron chi connectivity index (χ2n) is 4.91. The highest BCUT2D eigenvalue weighted by atomic mass is 79.9. The van der Waals surface area contributed by atoms with Gasteiger partial charge >= 0.3 is 0 Å². The average molecular weight is 359 g/mol. The van der Waals surface area contributed by atoms with Crippen molar-refractivity contribution in [3.05, 3.63) is 85.2 Å². The summed E-state index contributed by atoms with van der Waals surface area (Å²) in [7, 11) is 0. The molecule has 3 rings (SSSR count). The van der Waals surface area contributed by atoms with Crippen molar-refractivity contribution in [1.29, 1.82) is 0 Å². The van der Waals surface area contributed by atoms with Crippen LogP contribution in [0.1, 0.15) is 5.56 Å². The van der Waals surface area contributed by atoms with Crippen LogP contribution in [0.4, 0.5) is 5.69 Å². The third-order valence-corrected chi connectivity index (χ3v) is 3.91. The molecule has 0 saturated carbocycles. The Labute approximate surface area is 134 Å². The summed E-state index contributed by atoms with van der Waals surface area (Å²) in [5.41, 5.74) is 0.625. The molecule has 0 radical (unpaired) electrons. The second kappa shape index (κ2) is 5.73. The normalized spacial score (nSPS) is 10.8. The lowest BCUT2D eigenvalue weighted by atomic mass is 10.1. The molecule has 5 nitrogen and oxygen atoms in total. The summed E-state index contributed by atoms with van der Waals surface area (Å²) in [5.74, 6) is 0. The molecular formula is C16H11BrN2O3. The van der Waals surface area contributed by atoms with Gasteiger partial charge in [0.05, 0.1) is 11.5 Å². The Morgan fingerprint density at radius 1 is 1.14 bits per heavy atom. The Hall–Kier alpha value is -2.47. The number of pyridine rings is 1. The predicted octanol–water partition coefficient (Wildman–Crippen LogP) is 3.72. The van der Waals surface area contributed by atoms with Crippen molar-refractivity contribution in [2.24, 2.45) is 0 Å². The van der Waals surface area contributed by atoms with E-state index in [0.717, 1.165) is 9.86 Å². The molecule has 0 aliphatic heterocycles. The summed E-state index contributed by atoms with van der Waals surface area (Å²) in [6.07, 6.45) is 1.70. The monoisotopic (exact) mass is 358 g/mol. The third-order valence-electron chi connectivity index (χ3n) is 3.41. The molecule has 0 amide bonds. The summed E-state index contributed by atoms with van der Waals surface area (Å²) in [5, 5.41) is 12.3. The highest BCUT2D eigenvalue weighted by Crippen LogP contribution is 2.18. The first-order valence-electron chi connectivity index (χ1n) is 6.56. The van der Waals surface area contributed by atoms with E-state index >= 15 is 0 Å². The minimum Gasteiger partial charge on any atom is -0.311 e. The molecule has 0 fully saturated rings. The Bertz CT molecular complexity index is 934. The van der Waals surface area contributed by atoms with E-state index in [1.54, 1.807) is 29.0 Å². The van der Waals surface area contributed by atoms with Crippen molar-refractivity contribution in [3.63, 3.8) is 0 Å². The predicted molar refractivity (Wildman–Crippen MR) is 88.1 cm³/mol. The van der Waals surface area contributed by atoms with Gasteiger partial charge in [-0.25, -0.2) is 0 Å². The Morgan fingerprint density at radius 3 is 2.73 bits per heavy atom. The Morgan fingerprint density at radius 2 is 1.95 bits per heavy atom. The second-order valence-corrected chi connectivity index (χ2v) is 5.82. The van der Waals surface area contributed by atoms with Crippen LogP contribution in [0.25, 0.3) is 10.8 Å². The lowest BCUT2D eigenvalue weighted by Gasteiger charge is -2.07. The molecule has 6 heteroatoms. The molecule has 110 valence electrons. The Balaban J connectivity index is 2.03. The van der Waals surface area contributed by atoms with Crippen LogP contribution in [0.2, 0.25) is 0 Å². The topological polar surface area (TPSA) is 65.1 Å². The molecule has 0 aliphatic rings. The lowest BCUT2D eigenvalue weighted by molar-refractivity contribution is -0.384. The van der Waals surface area contributed by atoms with Crippen LogP contribution < -0.4 is 5.56 Å². The first kappa shape index (κ1) is 14.5. The van der Waals surface area contributed by atoms with Gasteiger partial charge in [-0.3, -0.25) is 14.9 Å². The number of nitro benzene ring substituents is 1. The van der Waals surface area contributed by atoms with E-state index in [9.17, 15) is 14.9 Å². The number of rotatable bonds is 3. The number of non-ortho nitro benzene ring substituents is 1. The van der Waals surface area contributed by atoms with Gasteiger partial charge in [-0.15, -0.1) is 0 Å². The molecule has 1 heterocycles. The highest BCUT2D eigenvalue weighted by Gasteiger charge is 2.08. The maximum absolute atomic E-state index is 12.5. The number of halogens is 1. The third kappa shape index (κ3) is 2.78. The SMILES string of the molecule is O=c1c2ccc(Br)cc2ccn1Cc1cccc([N+](=O)[O-])c1. The quantitative estimate of drug-likeness (QED) is 0.529. The number of aromatic nitrogens is 1. The smallest absolute Gasteiger partial charge is 0.269 e. The molecule has 0 unspecified atom stereocenters. The fraction of sp³-hybridized carbons (Fsp3) is 0.0625. The average Bonchev–Trinajstić information content (AvgIpc) is 2.50. The summed E-state index contributed by atoms with van der Waals surface area (Å²) >= 11 is 3.38. The van der Waals surface area contributed by atoms with Crippen LogP contribution >= 0.6 is 15.9 Å². The molecule has 0 aliphatic carbocycles. The molecule has 0 bridgehead atoms.